The molecule has 40 heavy (non-hydrogen) atoms. The number of allylic oxidation sites excluding steroid dienone is 2. The number of benzene rings is 4. The minimum absolute atomic E-state index is 0.266. The van der Waals surface area contributed by atoms with Gasteiger partial charge < -0.3 is 15.1 Å². The topological polar surface area (TPSA) is 46.2 Å². The molecule has 0 radical (unpaired) electrons. The highest BCUT2D eigenvalue weighted by Gasteiger charge is 2.35. The number of nitrogens with zero attached hydrogens (tertiary/aromatic N) is 1. The summed E-state index contributed by atoms with van der Waals surface area (Å²) in [5.74, 6) is 1.17. The van der Waals surface area contributed by atoms with Crippen molar-refractivity contribution in [1.29, 1.82) is 0 Å². The molecule has 1 aliphatic heterocycles. The molecule has 2 atom stereocenters. The lowest BCUT2D eigenvalue weighted by Crippen LogP contribution is -2.89. The van der Waals surface area contributed by atoms with Crippen molar-refractivity contribution in [2.24, 2.45) is 0 Å². The summed E-state index contributed by atoms with van der Waals surface area (Å²) in [6, 6.07) is 26.7. The second kappa shape index (κ2) is 7.24. The second-order valence-electron chi connectivity index (χ2n) is 11.0. The Balaban J connectivity index is 1.24. The monoisotopic (exact) mass is 512 g/mol. The molecule has 2 unspecified atom stereocenters. The highest BCUT2D eigenvalue weighted by atomic mass is 16.3. The fraction of sp³-hybridized carbons (Fsp3) is 0.0556. The number of rotatable bonds is 1. The number of fused-ring (bicyclic) bond motifs is 12. The number of hydrogen-bond donors (Lipinski definition) is 2. The van der Waals surface area contributed by atoms with Gasteiger partial charge in [-0.25, -0.2) is 0 Å². The van der Waals surface area contributed by atoms with Gasteiger partial charge in [-0.2, -0.15) is 0 Å². The lowest BCUT2D eigenvalue weighted by molar-refractivity contribution is -0.600. The van der Waals surface area contributed by atoms with Crippen molar-refractivity contribution in [1.82, 2.24) is 4.40 Å². The molecule has 3 N–H and O–H groups in total. The molecule has 186 valence electrons. The van der Waals surface area contributed by atoms with E-state index in [2.05, 4.69) is 124 Å². The van der Waals surface area contributed by atoms with Crippen molar-refractivity contribution in [2.45, 2.75) is 12.1 Å². The normalized spacial score (nSPS) is 19.1. The molecule has 4 heteroatoms. The fourth-order valence-electron chi connectivity index (χ4n) is 7.16. The van der Waals surface area contributed by atoms with Crippen molar-refractivity contribution in [3.05, 3.63) is 125 Å². The summed E-state index contributed by atoms with van der Waals surface area (Å²) in [7, 11) is 0. The number of hydrogen-bond acceptors (Lipinski definition) is 2. The standard InChI is InChI=1S/C36H21N3O/c1-2-9-22-20(7-1)8-5-10-23(22)21-15-18-31-27(19-21)24-16-17-30-32(35(24)40-31)25-11-6-12-26-33-36(39(30)34(25)26)38-29-14-4-3-13-28(29)37-33/h1-4,6-9,11-19,28-29,37-38H/p+1. The van der Waals surface area contributed by atoms with Crippen LogP contribution < -0.4 is 10.6 Å². The minimum atomic E-state index is 0.266. The van der Waals surface area contributed by atoms with Crippen LogP contribution in [0.15, 0.2) is 113 Å². The predicted octanol–water partition coefficient (Wildman–Crippen LogP) is 7.28. The van der Waals surface area contributed by atoms with Crippen LogP contribution in [0.25, 0.3) is 60.8 Å². The van der Waals surface area contributed by atoms with E-state index in [9.17, 15) is 0 Å². The summed E-state index contributed by atoms with van der Waals surface area (Å²) < 4.78 is 9.07. The molecule has 0 spiro atoms. The Bertz CT molecular complexity index is 2420. The van der Waals surface area contributed by atoms with Crippen LogP contribution in [0.5, 0.6) is 0 Å². The van der Waals surface area contributed by atoms with Gasteiger partial charge in [0.1, 0.15) is 23.2 Å². The van der Waals surface area contributed by atoms with E-state index in [4.69, 9.17) is 4.42 Å². The largest absolute Gasteiger partial charge is 0.455 e. The molecule has 4 heterocycles. The van der Waals surface area contributed by atoms with E-state index in [-0.39, 0.29) is 6.04 Å². The molecule has 2 aliphatic carbocycles. The molecule has 0 amide bonds. The van der Waals surface area contributed by atoms with E-state index in [1.54, 1.807) is 0 Å². The van der Waals surface area contributed by atoms with Gasteiger partial charge in [0.25, 0.3) is 0 Å². The van der Waals surface area contributed by atoms with E-state index in [0.717, 1.165) is 33.1 Å². The van der Waals surface area contributed by atoms with Gasteiger partial charge in [-0.3, -0.25) is 4.40 Å². The van der Waals surface area contributed by atoms with Crippen molar-refractivity contribution in [2.75, 3.05) is 5.32 Å². The number of nitrogens with one attached hydrogen (secondary N) is 1. The zero-order chi connectivity index (χ0) is 25.9. The zero-order valence-corrected chi connectivity index (χ0v) is 21.4. The first-order valence-corrected chi connectivity index (χ1v) is 13.8. The molecule has 0 bridgehead atoms. The molecule has 3 aromatic heterocycles. The first-order chi connectivity index (χ1) is 19.8. The van der Waals surface area contributed by atoms with Gasteiger partial charge >= 0.3 is 0 Å². The van der Waals surface area contributed by atoms with Gasteiger partial charge in [-0.1, -0.05) is 66.1 Å². The summed E-state index contributed by atoms with van der Waals surface area (Å²) in [6.07, 6.45) is 10.8. The number of furan rings is 1. The average Bonchev–Trinajstić information content (AvgIpc) is 3.66. The van der Waals surface area contributed by atoms with Gasteiger partial charge in [0.05, 0.1) is 21.8 Å². The molecule has 0 fully saturated rings. The molecule has 0 saturated carbocycles. The average molecular weight is 513 g/mol. The van der Waals surface area contributed by atoms with E-state index in [0.29, 0.717) is 6.04 Å². The molecule has 4 nitrogen and oxygen atoms in total. The second-order valence-corrected chi connectivity index (χ2v) is 11.0. The predicted molar refractivity (Wildman–Crippen MR) is 162 cm³/mol. The van der Waals surface area contributed by atoms with Gasteiger partial charge in [-0.05, 0) is 65.2 Å². The quantitative estimate of drug-likeness (QED) is 0.227. The van der Waals surface area contributed by atoms with Crippen LogP contribution in [0.1, 0.15) is 16.7 Å². The Morgan fingerprint density at radius 1 is 0.850 bits per heavy atom. The van der Waals surface area contributed by atoms with Crippen LogP contribution in [-0.4, -0.2) is 16.5 Å². The summed E-state index contributed by atoms with van der Waals surface area (Å²) >= 11 is 0. The molecule has 7 aromatic rings. The van der Waals surface area contributed by atoms with Gasteiger partial charge in [0.2, 0.25) is 0 Å². The Hall–Kier alpha value is -5.24. The third-order valence-electron chi connectivity index (χ3n) is 8.94. The van der Waals surface area contributed by atoms with Crippen molar-refractivity contribution in [3.63, 3.8) is 0 Å². The number of quaternary nitrogens is 1. The molecule has 4 aromatic carbocycles. The molecular formula is C36H22N3O+. The lowest BCUT2D eigenvalue weighted by atomic mass is 9.92. The van der Waals surface area contributed by atoms with E-state index in [1.165, 1.54) is 49.8 Å². The number of nitrogens with two attached hydrogens (primary N) is 1. The van der Waals surface area contributed by atoms with E-state index >= 15 is 0 Å². The Morgan fingerprint density at radius 2 is 1.77 bits per heavy atom. The van der Waals surface area contributed by atoms with Crippen LogP contribution in [0.4, 0.5) is 11.5 Å². The Labute approximate surface area is 228 Å². The van der Waals surface area contributed by atoms with Gasteiger partial charge in [0.15, 0.2) is 11.5 Å². The number of anilines is 1. The number of aromatic nitrogens is 1. The minimum Gasteiger partial charge on any atom is -0.455 e. The number of para-hydroxylation sites is 1. The van der Waals surface area contributed by atoms with Crippen molar-refractivity contribution < 1.29 is 9.73 Å². The molecule has 3 aliphatic rings. The lowest BCUT2D eigenvalue weighted by Gasteiger charge is -2.28. The van der Waals surface area contributed by atoms with Crippen molar-refractivity contribution in [3.8, 4) is 0 Å². The molecule has 0 saturated heterocycles. The maximum atomic E-state index is 6.66. The molecular weight excluding hydrogens is 490 g/mol. The summed E-state index contributed by atoms with van der Waals surface area (Å²) in [5.41, 5.74) is 16.7. The highest BCUT2D eigenvalue weighted by molar-refractivity contribution is 6.27. The van der Waals surface area contributed by atoms with Crippen molar-refractivity contribution >= 4 is 72.3 Å². The summed E-state index contributed by atoms with van der Waals surface area (Å²) in [5, 5.41) is 12.2. The van der Waals surface area contributed by atoms with Gasteiger partial charge in [-0.15, -0.1) is 0 Å². The van der Waals surface area contributed by atoms with E-state index < -0.39 is 0 Å². The summed E-state index contributed by atoms with van der Waals surface area (Å²) in [4.78, 5) is 0. The smallest absolute Gasteiger partial charge is 0.181 e. The van der Waals surface area contributed by atoms with Crippen LogP contribution in [-0.2, 0) is 0 Å². The SMILES string of the molecule is C1=C=C(c2ccc3oc4c(ccc5c4c4cccc6c7c(n5c64)NC4C=CC=CC4[NH2+]7)c3c2)c2ccccc2C=1. The maximum absolute atomic E-state index is 6.66. The Kier molecular flexibility index (Phi) is 3.74. The maximum Gasteiger partial charge on any atom is 0.181 e. The van der Waals surface area contributed by atoms with Crippen LogP contribution in [0.2, 0.25) is 0 Å². The van der Waals surface area contributed by atoms with Crippen LogP contribution in [0, 0.1) is 0 Å². The van der Waals surface area contributed by atoms with Crippen LogP contribution >= 0.6 is 0 Å². The first-order valence-electron chi connectivity index (χ1n) is 13.8. The highest BCUT2D eigenvalue weighted by Crippen LogP contribution is 2.46. The third-order valence-corrected chi connectivity index (χ3v) is 8.94. The fourth-order valence-corrected chi connectivity index (χ4v) is 7.16. The first kappa shape index (κ1) is 20.7. The molecule has 10 rings (SSSR count). The van der Waals surface area contributed by atoms with Gasteiger partial charge in [0, 0.05) is 21.7 Å². The Morgan fingerprint density at radius 3 is 2.77 bits per heavy atom. The third kappa shape index (κ3) is 2.51. The van der Waals surface area contributed by atoms with E-state index in [1.807, 2.05) is 6.08 Å². The van der Waals surface area contributed by atoms with Crippen LogP contribution in [0.3, 0.4) is 0 Å². The summed E-state index contributed by atoms with van der Waals surface area (Å²) in [6.45, 7) is 0. The zero-order valence-electron chi connectivity index (χ0n) is 21.4.